The molecular formula is C25H25N5O2S. The number of carbonyl (C=O) groups is 2. The summed E-state index contributed by atoms with van der Waals surface area (Å²) in [6.07, 6.45) is 3.35. The molecule has 33 heavy (non-hydrogen) atoms. The van der Waals surface area contributed by atoms with Crippen LogP contribution in [0.2, 0.25) is 0 Å². The summed E-state index contributed by atoms with van der Waals surface area (Å²) < 4.78 is 1.90. The lowest BCUT2D eigenvalue weighted by atomic mass is 10.1. The Morgan fingerprint density at radius 1 is 1.00 bits per heavy atom. The number of imidazole rings is 1. The molecule has 8 heteroatoms. The third-order valence-corrected chi connectivity index (χ3v) is 6.54. The zero-order valence-electron chi connectivity index (χ0n) is 18.2. The van der Waals surface area contributed by atoms with Crippen LogP contribution in [0.15, 0.2) is 59.4 Å². The highest BCUT2D eigenvalue weighted by Gasteiger charge is 2.18. The van der Waals surface area contributed by atoms with Gasteiger partial charge in [0.15, 0.2) is 5.82 Å². The van der Waals surface area contributed by atoms with E-state index >= 15 is 0 Å². The van der Waals surface area contributed by atoms with E-state index in [2.05, 4.69) is 15.3 Å². The summed E-state index contributed by atoms with van der Waals surface area (Å²) in [6, 6.07) is 15.3. The van der Waals surface area contributed by atoms with Crippen LogP contribution in [-0.2, 0) is 17.9 Å². The Morgan fingerprint density at radius 2 is 1.79 bits per heavy atom. The van der Waals surface area contributed by atoms with Crippen molar-refractivity contribution in [3.05, 3.63) is 70.5 Å². The van der Waals surface area contributed by atoms with Crippen LogP contribution in [0.3, 0.4) is 0 Å². The Morgan fingerprint density at radius 3 is 2.55 bits per heavy atom. The second kappa shape index (κ2) is 9.54. The fourth-order valence-electron chi connectivity index (χ4n) is 4.20. The first-order valence-electron chi connectivity index (χ1n) is 11.2. The van der Waals surface area contributed by atoms with Crippen LogP contribution in [0.1, 0.15) is 35.2 Å². The van der Waals surface area contributed by atoms with Gasteiger partial charge < -0.3 is 14.8 Å². The standard InChI is InChI=1S/C25H25N5O2S/c31-23(15-30-22-7-3-2-6-20(22)28-24(30)21-16-33-17-27-21)26-14-18-8-10-19(11-9-18)25(32)29-12-4-1-5-13-29/h2-3,6-11,16-17H,1,4-5,12-15H2,(H,26,31). The number of hydrogen-bond acceptors (Lipinski definition) is 5. The maximum absolute atomic E-state index is 12.8. The zero-order chi connectivity index (χ0) is 22.6. The van der Waals surface area contributed by atoms with Gasteiger partial charge in [-0.05, 0) is 49.1 Å². The molecule has 0 radical (unpaired) electrons. The Labute approximate surface area is 196 Å². The summed E-state index contributed by atoms with van der Waals surface area (Å²) in [4.78, 5) is 36.4. The maximum Gasteiger partial charge on any atom is 0.253 e. The molecule has 0 aliphatic carbocycles. The third-order valence-electron chi connectivity index (χ3n) is 5.95. The molecule has 2 amide bonds. The van der Waals surface area contributed by atoms with Crippen molar-refractivity contribution in [3.8, 4) is 11.5 Å². The van der Waals surface area contributed by atoms with Crippen molar-refractivity contribution >= 4 is 34.2 Å². The number of nitrogens with one attached hydrogen (secondary N) is 1. The normalized spacial score (nSPS) is 13.9. The number of fused-ring (bicyclic) bond motifs is 1. The van der Waals surface area contributed by atoms with Crippen molar-refractivity contribution in [2.75, 3.05) is 13.1 Å². The van der Waals surface area contributed by atoms with E-state index in [0.717, 1.165) is 48.2 Å². The Balaban J connectivity index is 1.25. The molecule has 0 unspecified atom stereocenters. The van der Waals surface area contributed by atoms with Crippen molar-refractivity contribution in [2.45, 2.75) is 32.4 Å². The van der Waals surface area contributed by atoms with Gasteiger partial charge in [0.25, 0.3) is 5.91 Å². The number of rotatable bonds is 6. The Bertz CT molecular complexity index is 1260. The zero-order valence-corrected chi connectivity index (χ0v) is 19.1. The number of para-hydroxylation sites is 2. The van der Waals surface area contributed by atoms with Crippen molar-refractivity contribution in [1.82, 2.24) is 24.8 Å². The van der Waals surface area contributed by atoms with E-state index in [-0.39, 0.29) is 18.4 Å². The number of nitrogens with zero attached hydrogens (tertiary/aromatic N) is 4. The smallest absolute Gasteiger partial charge is 0.253 e. The second-order valence-electron chi connectivity index (χ2n) is 8.21. The number of benzene rings is 2. The molecule has 2 aromatic carbocycles. The van der Waals surface area contributed by atoms with Crippen molar-refractivity contribution in [2.24, 2.45) is 0 Å². The van der Waals surface area contributed by atoms with Gasteiger partial charge in [-0.3, -0.25) is 9.59 Å². The highest BCUT2D eigenvalue weighted by Crippen LogP contribution is 2.24. The molecule has 1 fully saturated rings. The molecule has 1 aliphatic rings. The highest BCUT2D eigenvalue weighted by atomic mass is 32.1. The molecular weight excluding hydrogens is 434 g/mol. The largest absolute Gasteiger partial charge is 0.350 e. The molecule has 1 aliphatic heterocycles. The van der Waals surface area contributed by atoms with Gasteiger partial charge in [-0.15, -0.1) is 11.3 Å². The average molecular weight is 460 g/mol. The number of thiazole rings is 1. The average Bonchev–Trinajstić information content (AvgIpc) is 3.52. The van der Waals surface area contributed by atoms with Crippen molar-refractivity contribution in [1.29, 1.82) is 0 Å². The molecule has 0 spiro atoms. The number of amides is 2. The summed E-state index contributed by atoms with van der Waals surface area (Å²) in [5.74, 6) is 0.670. The number of carbonyl (C=O) groups excluding carboxylic acids is 2. The summed E-state index contributed by atoms with van der Waals surface area (Å²) in [6.45, 7) is 2.22. The van der Waals surface area contributed by atoms with E-state index in [0.29, 0.717) is 17.9 Å². The summed E-state index contributed by atoms with van der Waals surface area (Å²) >= 11 is 1.50. The first kappa shape index (κ1) is 21.3. The van der Waals surface area contributed by atoms with Gasteiger partial charge in [-0.2, -0.15) is 0 Å². The lowest BCUT2D eigenvalue weighted by Gasteiger charge is -2.26. The van der Waals surface area contributed by atoms with Gasteiger partial charge in [0.05, 0.1) is 16.5 Å². The van der Waals surface area contributed by atoms with Gasteiger partial charge in [0.2, 0.25) is 5.91 Å². The number of aromatic nitrogens is 3. The molecule has 7 nitrogen and oxygen atoms in total. The molecule has 0 bridgehead atoms. The van der Waals surface area contributed by atoms with Crippen molar-refractivity contribution in [3.63, 3.8) is 0 Å². The maximum atomic E-state index is 12.8. The topological polar surface area (TPSA) is 80.1 Å². The fraction of sp³-hybridized carbons (Fsp3) is 0.280. The van der Waals surface area contributed by atoms with Gasteiger partial charge in [0, 0.05) is 30.6 Å². The lowest BCUT2D eigenvalue weighted by Crippen LogP contribution is -2.35. The van der Waals surface area contributed by atoms with Gasteiger partial charge in [-0.1, -0.05) is 24.3 Å². The summed E-state index contributed by atoms with van der Waals surface area (Å²) in [7, 11) is 0. The minimum Gasteiger partial charge on any atom is -0.350 e. The van der Waals surface area contributed by atoms with Crippen LogP contribution < -0.4 is 5.32 Å². The van der Waals surface area contributed by atoms with Crippen LogP contribution in [0.4, 0.5) is 0 Å². The number of hydrogen-bond donors (Lipinski definition) is 1. The van der Waals surface area contributed by atoms with Gasteiger partial charge in [0.1, 0.15) is 12.2 Å². The minimum absolute atomic E-state index is 0.0897. The molecule has 5 rings (SSSR count). The van der Waals surface area contributed by atoms with E-state index in [1.165, 1.54) is 17.8 Å². The predicted molar refractivity (Wildman–Crippen MR) is 129 cm³/mol. The SMILES string of the molecule is O=C(Cn1c(-c2cscn2)nc2ccccc21)NCc1ccc(C(=O)N2CCCCC2)cc1. The number of piperidine rings is 1. The molecule has 0 saturated carbocycles. The van der Waals surface area contributed by atoms with E-state index < -0.39 is 0 Å². The molecule has 4 aromatic rings. The minimum atomic E-state index is -0.108. The van der Waals surface area contributed by atoms with E-state index in [1.54, 1.807) is 5.51 Å². The van der Waals surface area contributed by atoms with E-state index in [9.17, 15) is 9.59 Å². The molecule has 2 aromatic heterocycles. The van der Waals surface area contributed by atoms with E-state index in [4.69, 9.17) is 0 Å². The monoisotopic (exact) mass is 459 g/mol. The molecule has 3 heterocycles. The van der Waals surface area contributed by atoms with Crippen LogP contribution in [0.5, 0.6) is 0 Å². The highest BCUT2D eigenvalue weighted by molar-refractivity contribution is 7.07. The lowest BCUT2D eigenvalue weighted by molar-refractivity contribution is -0.121. The van der Waals surface area contributed by atoms with Crippen LogP contribution in [0, 0.1) is 0 Å². The molecule has 1 saturated heterocycles. The van der Waals surface area contributed by atoms with Crippen molar-refractivity contribution < 1.29 is 9.59 Å². The predicted octanol–water partition coefficient (Wildman–Crippen LogP) is 4.10. The Hall–Kier alpha value is -3.52. The van der Waals surface area contributed by atoms with Gasteiger partial charge >= 0.3 is 0 Å². The summed E-state index contributed by atoms with van der Waals surface area (Å²) in [5.41, 5.74) is 5.91. The third kappa shape index (κ3) is 4.66. The Kier molecular flexibility index (Phi) is 6.17. The van der Waals surface area contributed by atoms with Crippen LogP contribution >= 0.6 is 11.3 Å². The first-order chi connectivity index (χ1) is 16.2. The summed E-state index contributed by atoms with van der Waals surface area (Å²) in [5, 5.41) is 4.92. The van der Waals surface area contributed by atoms with Crippen LogP contribution in [0.25, 0.3) is 22.6 Å². The van der Waals surface area contributed by atoms with Crippen LogP contribution in [-0.4, -0.2) is 44.3 Å². The molecule has 168 valence electrons. The fourth-order valence-corrected chi connectivity index (χ4v) is 4.73. The first-order valence-corrected chi connectivity index (χ1v) is 12.1. The molecule has 1 N–H and O–H groups in total. The van der Waals surface area contributed by atoms with Gasteiger partial charge in [-0.25, -0.2) is 9.97 Å². The molecule has 0 atom stereocenters. The second-order valence-corrected chi connectivity index (χ2v) is 8.93. The quantitative estimate of drug-likeness (QED) is 0.471. The van der Waals surface area contributed by atoms with E-state index in [1.807, 2.05) is 63.4 Å². The number of likely N-dealkylation sites (tertiary alicyclic amines) is 1.